The van der Waals surface area contributed by atoms with Crippen LogP contribution in [-0.2, 0) is 0 Å². The smallest absolute Gasteiger partial charge is 0.137 e. The van der Waals surface area contributed by atoms with Gasteiger partial charge in [-0.1, -0.05) is 11.6 Å². The summed E-state index contributed by atoms with van der Waals surface area (Å²) in [7, 11) is 0. The number of hydrogen-bond acceptors (Lipinski definition) is 2. The maximum atomic E-state index is 6.07. The average Bonchev–Trinajstić information content (AvgIpc) is 2.74. The number of nitrogens with zero attached hydrogens (tertiary/aromatic N) is 1. The third-order valence-electron chi connectivity index (χ3n) is 2.04. The van der Waals surface area contributed by atoms with Crippen LogP contribution in [0.2, 0.25) is 5.02 Å². The molecule has 2 aromatic rings. The van der Waals surface area contributed by atoms with E-state index in [-0.39, 0.29) is 0 Å². The van der Waals surface area contributed by atoms with E-state index in [4.69, 9.17) is 16.3 Å². The summed E-state index contributed by atoms with van der Waals surface area (Å²) in [5.41, 5.74) is 1.95. The fourth-order valence-electron chi connectivity index (χ4n) is 1.36. The Balaban J connectivity index is 2.33. The van der Waals surface area contributed by atoms with Gasteiger partial charge in [-0.3, -0.25) is 5.10 Å². The van der Waals surface area contributed by atoms with Gasteiger partial charge in [0.1, 0.15) is 5.75 Å². The summed E-state index contributed by atoms with van der Waals surface area (Å²) in [6, 6.07) is 7.57. The Kier molecular flexibility index (Phi) is 2.92. The van der Waals surface area contributed by atoms with Gasteiger partial charge in [-0.05, 0) is 31.2 Å². The van der Waals surface area contributed by atoms with Crippen LogP contribution >= 0.6 is 11.6 Å². The van der Waals surface area contributed by atoms with Gasteiger partial charge in [0, 0.05) is 11.8 Å². The maximum Gasteiger partial charge on any atom is 0.137 e. The normalized spacial score (nSPS) is 10.3. The zero-order valence-corrected chi connectivity index (χ0v) is 9.08. The Labute approximate surface area is 93.0 Å². The average molecular weight is 223 g/mol. The van der Waals surface area contributed by atoms with Gasteiger partial charge in [-0.25, -0.2) is 0 Å². The number of rotatable bonds is 3. The minimum Gasteiger partial charge on any atom is -0.492 e. The van der Waals surface area contributed by atoms with Crippen LogP contribution in [0.15, 0.2) is 30.5 Å². The van der Waals surface area contributed by atoms with Gasteiger partial charge in [0.25, 0.3) is 0 Å². The first-order chi connectivity index (χ1) is 7.31. The first-order valence-electron chi connectivity index (χ1n) is 4.73. The number of halogens is 1. The Morgan fingerprint density at radius 1 is 1.40 bits per heavy atom. The van der Waals surface area contributed by atoms with Crippen LogP contribution < -0.4 is 4.74 Å². The fraction of sp³-hybridized carbons (Fsp3) is 0.182. The van der Waals surface area contributed by atoms with E-state index >= 15 is 0 Å². The van der Waals surface area contributed by atoms with Gasteiger partial charge in [0.2, 0.25) is 0 Å². The molecular weight excluding hydrogens is 212 g/mol. The van der Waals surface area contributed by atoms with Gasteiger partial charge >= 0.3 is 0 Å². The number of aromatic amines is 1. The number of nitrogens with one attached hydrogen (secondary N) is 1. The molecule has 0 saturated heterocycles. The van der Waals surface area contributed by atoms with Crippen molar-refractivity contribution in [2.24, 2.45) is 0 Å². The van der Waals surface area contributed by atoms with Crippen LogP contribution in [0.5, 0.6) is 5.75 Å². The van der Waals surface area contributed by atoms with Gasteiger partial charge in [-0.15, -0.1) is 0 Å². The summed E-state index contributed by atoms with van der Waals surface area (Å²) in [4.78, 5) is 0. The van der Waals surface area contributed by atoms with E-state index in [1.165, 1.54) is 0 Å². The summed E-state index contributed by atoms with van der Waals surface area (Å²) in [5.74, 6) is 0.711. The van der Waals surface area contributed by atoms with Gasteiger partial charge in [0.05, 0.1) is 17.3 Å². The lowest BCUT2D eigenvalue weighted by atomic mass is 10.1. The van der Waals surface area contributed by atoms with E-state index in [9.17, 15) is 0 Å². The van der Waals surface area contributed by atoms with Crippen LogP contribution in [0.3, 0.4) is 0 Å². The zero-order valence-electron chi connectivity index (χ0n) is 8.33. The summed E-state index contributed by atoms with van der Waals surface area (Å²) >= 11 is 6.07. The van der Waals surface area contributed by atoms with E-state index in [1.54, 1.807) is 6.20 Å². The highest BCUT2D eigenvalue weighted by atomic mass is 35.5. The van der Waals surface area contributed by atoms with Crippen molar-refractivity contribution in [3.63, 3.8) is 0 Å². The van der Waals surface area contributed by atoms with E-state index in [2.05, 4.69) is 10.2 Å². The quantitative estimate of drug-likeness (QED) is 0.867. The number of H-pyrrole nitrogens is 1. The lowest BCUT2D eigenvalue weighted by molar-refractivity contribution is 0.340. The molecule has 1 aromatic heterocycles. The molecule has 0 aliphatic heterocycles. The summed E-state index contributed by atoms with van der Waals surface area (Å²) < 4.78 is 5.35. The highest BCUT2D eigenvalue weighted by Crippen LogP contribution is 2.29. The van der Waals surface area contributed by atoms with Crippen LogP contribution in [-0.4, -0.2) is 16.8 Å². The molecule has 1 aromatic carbocycles. The molecule has 0 spiro atoms. The van der Waals surface area contributed by atoms with Crippen LogP contribution in [0.1, 0.15) is 6.92 Å². The highest BCUT2D eigenvalue weighted by Gasteiger charge is 2.04. The van der Waals surface area contributed by atoms with Crippen molar-refractivity contribution in [1.29, 1.82) is 0 Å². The fourth-order valence-corrected chi connectivity index (χ4v) is 1.59. The van der Waals surface area contributed by atoms with Crippen molar-refractivity contribution in [1.82, 2.24) is 10.2 Å². The number of hydrogen-bond donors (Lipinski definition) is 1. The largest absolute Gasteiger partial charge is 0.492 e. The third-order valence-corrected chi connectivity index (χ3v) is 2.34. The first-order valence-corrected chi connectivity index (χ1v) is 5.11. The molecule has 0 saturated carbocycles. The molecule has 3 nitrogen and oxygen atoms in total. The summed E-state index contributed by atoms with van der Waals surface area (Å²) in [5, 5.41) is 7.39. The molecule has 0 bridgehead atoms. The second-order valence-electron chi connectivity index (χ2n) is 3.05. The second-order valence-corrected chi connectivity index (χ2v) is 3.46. The monoisotopic (exact) mass is 222 g/mol. The van der Waals surface area contributed by atoms with Crippen LogP contribution in [0, 0.1) is 0 Å². The molecule has 0 unspecified atom stereocenters. The molecule has 0 atom stereocenters. The molecule has 0 amide bonds. The molecule has 1 heterocycles. The number of ether oxygens (including phenoxy) is 1. The van der Waals surface area contributed by atoms with Crippen molar-refractivity contribution in [2.75, 3.05) is 6.61 Å². The van der Waals surface area contributed by atoms with Crippen LogP contribution in [0.4, 0.5) is 0 Å². The van der Waals surface area contributed by atoms with Gasteiger partial charge in [-0.2, -0.15) is 5.10 Å². The Morgan fingerprint density at radius 2 is 2.27 bits per heavy atom. The predicted molar refractivity (Wildman–Crippen MR) is 60.2 cm³/mol. The molecule has 0 radical (unpaired) electrons. The zero-order chi connectivity index (χ0) is 10.7. The van der Waals surface area contributed by atoms with Gasteiger partial charge in [0.15, 0.2) is 0 Å². The molecule has 0 aliphatic carbocycles. The molecule has 78 valence electrons. The summed E-state index contributed by atoms with van der Waals surface area (Å²) in [6.07, 6.45) is 1.71. The van der Waals surface area contributed by atoms with Crippen molar-refractivity contribution in [2.45, 2.75) is 6.92 Å². The Morgan fingerprint density at radius 3 is 2.87 bits per heavy atom. The lowest BCUT2D eigenvalue weighted by Crippen LogP contribution is -1.92. The molecule has 1 N–H and O–H groups in total. The minimum atomic E-state index is 0.614. The molecule has 4 heteroatoms. The van der Waals surface area contributed by atoms with Gasteiger partial charge < -0.3 is 4.74 Å². The minimum absolute atomic E-state index is 0.614. The van der Waals surface area contributed by atoms with Crippen molar-refractivity contribution in [3.05, 3.63) is 35.5 Å². The summed E-state index contributed by atoms with van der Waals surface area (Å²) in [6.45, 7) is 2.54. The molecule has 0 aliphatic rings. The second kappa shape index (κ2) is 4.36. The third kappa shape index (κ3) is 2.13. The predicted octanol–water partition coefficient (Wildman–Crippen LogP) is 3.13. The molecule has 0 fully saturated rings. The molecule has 15 heavy (non-hydrogen) atoms. The van der Waals surface area contributed by atoms with E-state index in [0.29, 0.717) is 17.4 Å². The Bertz CT molecular complexity index is 440. The van der Waals surface area contributed by atoms with Crippen LogP contribution in [0.25, 0.3) is 11.3 Å². The SMILES string of the molecule is CCOc1ccc(-c2ccn[nH]2)cc1Cl. The van der Waals surface area contributed by atoms with Crippen molar-refractivity contribution >= 4 is 11.6 Å². The van der Waals surface area contributed by atoms with E-state index in [1.807, 2.05) is 31.2 Å². The van der Waals surface area contributed by atoms with Crippen molar-refractivity contribution < 1.29 is 4.74 Å². The van der Waals surface area contributed by atoms with E-state index in [0.717, 1.165) is 11.3 Å². The standard InChI is InChI=1S/C11H11ClN2O/c1-2-15-11-4-3-8(7-9(11)12)10-5-6-13-14-10/h3-7H,2H2,1H3,(H,13,14). The topological polar surface area (TPSA) is 37.9 Å². The Hall–Kier alpha value is -1.48. The van der Waals surface area contributed by atoms with E-state index < -0.39 is 0 Å². The highest BCUT2D eigenvalue weighted by molar-refractivity contribution is 6.32. The first kappa shape index (κ1) is 10.1. The molecular formula is C11H11ClN2O. The molecule has 2 rings (SSSR count). The lowest BCUT2D eigenvalue weighted by Gasteiger charge is -2.06. The van der Waals surface area contributed by atoms with Crippen molar-refractivity contribution in [3.8, 4) is 17.0 Å². The maximum absolute atomic E-state index is 6.07. The number of benzene rings is 1. The number of aromatic nitrogens is 2.